The van der Waals surface area contributed by atoms with Crippen molar-refractivity contribution < 1.29 is 19.0 Å². The van der Waals surface area contributed by atoms with Crippen LogP contribution in [0, 0.1) is 0 Å². The Hall–Kier alpha value is -1.86. The zero-order valence-corrected chi connectivity index (χ0v) is 16.4. The summed E-state index contributed by atoms with van der Waals surface area (Å²) in [6, 6.07) is 9.66. The minimum Gasteiger partial charge on any atom is -0.445 e. The second kappa shape index (κ2) is 15.2. The van der Waals surface area contributed by atoms with Crippen molar-refractivity contribution in [1.29, 1.82) is 0 Å². The molecule has 0 unspecified atom stereocenters. The maximum atomic E-state index is 11.9. The van der Waals surface area contributed by atoms with Gasteiger partial charge in [0.1, 0.15) is 6.61 Å². The molecular formula is C20H29ClN2O4. The normalized spacial score (nSPS) is 18.3. The summed E-state index contributed by atoms with van der Waals surface area (Å²) in [5.74, 6) is 0. The lowest BCUT2D eigenvalue weighted by Crippen LogP contribution is -2.35. The summed E-state index contributed by atoms with van der Waals surface area (Å²) in [5, 5.41) is 3.18. The van der Waals surface area contributed by atoms with Crippen molar-refractivity contribution in [3.8, 4) is 0 Å². The third-order valence-electron chi connectivity index (χ3n) is 3.74. The zero-order valence-electron chi connectivity index (χ0n) is 15.5. The lowest BCUT2D eigenvalue weighted by Gasteiger charge is -2.21. The maximum absolute atomic E-state index is 11.9. The molecule has 1 N–H and O–H groups in total. The smallest absolute Gasteiger partial charge is 0.410 e. The largest absolute Gasteiger partial charge is 0.445 e. The molecule has 0 aliphatic carbocycles. The molecule has 6 nitrogen and oxygen atoms in total. The van der Waals surface area contributed by atoms with Gasteiger partial charge in [-0.25, -0.2) is 4.79 Å². The molecule has 7 heteroatoms. The van der Waals surface area contributed by atoms with E-state index in [-0.39, 0.29) is 18.5 Å². The number of nitrogens with zero attached hydrogens (tertiary/aromatic N) is 1. The van der Waals surface area contributed by atoms with Crippen molar-refractivity contribution in [2.24, 2.45) is 0 Å². The lowest BCUT2D eigenvalue weighted by molar-refractivity contribution is 0.0787. The van der Waals surface area contributed by atoms with Gasteiger partial charge in [-0.05, 0) is 5.56 Å². The van der Waals surface area contributed by atoms with Gasteiger partial charge in [-0.3, -0.25) is 0 Å². The maximum Gasteiger partial charge on any atom is 0.410 e. The van der Waals surface area contributed by atoms with Crippen LogP contribution in [0.4, 0.5) is 4.79 Å². The number of hydrogen-bond donors (Lipinski definition) is 1. The Balaban J connectivity index is 0.000000342. The van der Waals surface area contributed by atoms with E-state index in [1.54, 1.807) is 4.90 Å². The third-order valence-corrected chi connectivity index (χ3v) is 3.74. The molecule has 3 rings (SSSR count). The van der Waals surface area contributed by atoms with Crippen LogP contribution < -0.4 is 5.32 Å². The SMILES string of the molecule is C1=CCOCCNC1.Cl.O=C(OCc1ccccc1)N1C/C=C\COCC1. The van der Waals surface area contributed by atoms with Crippen LogP contribution in [0.15, 0.2) is 54.6 Å². The molecule has 0 bridgehead atoms. The minimum absolute atomic E-state index is 0. The number of ether oxygens (including phenoxy) is 3. The number of carbonyl (C=O) groups excluding carboxylic acids is 1. The molecule has 0 atom stereocenters. The zero-order chi connectivity index (χ0) is 18.3. The number of hydrogen-bond acceptors (Lipinski definition) is 5. The van der Waals surface area contributed by atoms with Crippen LogP contribution in [0.3, 0.4) is 0 Å². The highest BCUT2D eigenvalue weighted by Crippen LogP contribution is 2.04. The van der Waals surface area contributed by atoms with Gasteiger partial charge in [-0.1, -0.05) is 54.6 Å². The highest BCUT2D eigenvalue weighted by Gasteiger charge is 2.14. The lowest BCUT2D eigenvalue weighted by atomic mass is 10.2. The summed E-state index contributed by atoms with van der Waals surface area (Å²) >= 11 is 0. The van der Waals surface area contributed by atoms with E-state index in [1.807, 2.05) is 48.6 Å². The van der Waals surface area contributed by atoms with Gasteiger partial charge < -0.3 is 24.4 Å². The molecule has 2 heterocycles. The van der Waals surface area contributed by atoms with E-state index in [2.05, 4.69) is 11.4 Å². The van der Waals surface area contributed by atoms with E-state index in [1.165, 1.54) is 0 Å². The first-order valence-corrected chi connectivity index (χ1v) is 8.98. The Morgan fingerprint density at radius 3 is 2.59 bits per heavy atom. The number of rotatable bonds is 2. The second-order valence-electron chi connectivity index (χ2n) is 5.78. The molecule has 2 aliphatic heterocycles. The first kappa shape index (κ1) is 23.2. The van der Waals surface area contributed by atoms with Crippen molar-refractivity contribution in [3.63, 3.8) is 0 Å². The number of halogens is 1. The fraction of sp³-hybridized carbons (Fsp3) is 0.450. The quantitative estimate of drug-likeness (QED) is 0.779. The predicted molar refractivity (Wildman–Crippen MR) is 108 cm³/mol. The standard InChI is InChI=1S/C14H17NO3.C6H11NO.ClH/c16-14(15-8-4-5-10-17-11-9-15)18-12-13-6-2-1-3-7-13;1-2-5-8-6-4-7-3-1;/h1-7H,8-12H2;1-2,7H,3-6H2;1H/b5-4-;;. The molecule has 0 fully saturated rings. The number of nitrogens with one attached hydrogen (secondary N) is 1. The molecule has 0 radical (unpaired) electrons. The van der Waals surface area contributed by atoms with Crippen LogP contribution in [-0.2, 0) is 20.8 Å². The van der Waals surface area contributed by atoms with Gasteiger partial charge >= 0.3 is 6.09 Å². The van der Waals surface area contributed by atoms with E-state index < -0.39 is 0 Å². The first-order valence-electron chi connectivity index (χ1n) is 8.98. The van der Waals surface area contributed by atoms with Gasteiger partial charge in [0.2, 0.25) is 0 Å². The van der Waals surface area contributed by atoms with Gasteiger partial charge in [0.25, 0.3) is 0 Å². The second-order valence-corrected chi connectivity index (χ2v) is 5.78. The molecule has 0 spiro atoms. The van der Waals surface area contributed by atoms with E-state index in [9.17, 15) is 4.79 Å². The van der Waals surface area contributed by atoms with Crippen LogP contribution in [0.5, 0.6) is 0 Å². The summed E-state index contributed by atoms with van der Waals surface area (Å²) < 4.78 is 15.7. The molecule has 0 saturated carbocycles. The minimum atomic E-state index is -0.297. The Labute approximate surface area is 167 Å². The Bertz CT molecular complexity index is 556. The fourth-order valence-electron chi connectivity index (χ4n) is 2.30. The highest BCUT2D eigenvalue weighted by atomic mass is 35.5. The van der Waals surface area contributed by atoms with E-state index in [0.717, 1.165) is 31.9 Å². The third kappa shape index (κ3) is 10.8. The van der Waals surface area contributed by atoms with Crippen molar-refractivity contribution in [2.45, 2.75) is 6.61 Å². The van der Waals surface area contributed by atoms with Gasteiger partial charge in [-0.15, -0.1) is 12.4 Å². The van der Waals surface area contributed by atoms with Crippen LogP contribution in [0.25, 0.3) is 0 Å². The van der Waals surface area contributed by atoms with Crippen molar-refractivity contribution in [3.05, 3.63) is 60.2 Å². The molecule has 0 aromatic heterocycles. The first-order chi connectivity index (χ1) is 12.9. The average Bonchev–Trinajstić information content (AvgIpc) is 2.60. The Morgan fingerprint density at radius 1 is 1.04 bits per heavy atom. The van der Waals surface area contributed by atoms with Crippen molar-refractivity contribution in [2.75, 3.05) is 52.6 Å². The van der Waals surface area contributed by atoms with Crippen LogP contribution >= 0.6 is 12.4 Å². The summed E-state index contributed by atoms with van der Waals surface area (Å²) in [5.41, 5.74) is 0.990. The molecule has 1 aromatic carbocycles. The summed E-state index contributed by atoms with van der Waals surface area (Å²) in [4.78, 5) is 13.5. The Kier molecular flexibility index (Phi) is 13.1. The molecule has 1 aromatic rings. The fourth-order valence-corrected chi connectivity index (χ4v) is 2.30. The molecule has 1 amide bonds. The molecular weight excluding hydrogens is 368 g/mol. The van der Waals surface area contributed by atoms with Crippen molar-refractivity contribution in [1.82, 2.24) is 10.2 Å². The van der Waals surface area contributed by atoms with E-state index >= 15 is 0 Å². The highest BCUT2D eigenvalue weighted by molar-refractivity contribution is 5.85. The van der Waals surface area contributed by atoms with Crippen LogP contribution in [-0.4, -0.2) is 63.6 Å². The topological polar surface area (TPSA) is 60.0 Å². The summed E-state index contributed by atoms with van der Waals surface area (Å²) in [7, 11) is 0. The molecule has 0 saturated heterocycles. The summed E-state index contributed by atoms with van der Waals surface area (Å²) in [6.45, 7) is 6.20. The Morgan fingerprint density at radius 2 is 1.78 bits per heavy atom. The van der Waals surface area contributed by atoms with Crippen LogP contribution in [0.2, 0.25) is 0 Å². The monoisotopic (exact) mass is 396 g/mol. The predicted octanol–water partition coefficient (Wildman–Crippen LogP) is 2.80. The molecule has 27 heavy (non-hydrogen) atoms. The van der Waals surface area contributed by atoms with Gasteiger partial charge in [0.15, 0.2) is 0 Å². The van der Waals surface area contributed by atoms with Crippen LogP contribution in [0.1, 0.15) is 5.56 Å². The molecule has 2 aliphatic rings. The summed E-state index contributed by atoms with van der Waals surface area (Å²) in [6.07, 6.45) is 7.65. The number of carbonyl (C=O) groups is 1. The average molecular weight is 397 g/mol. The van der Waals surface area contributed by atoms with Gasteiger partial charge in [0, 0.05) is 26.2 Å². The number of benzene rings is 1. The number of amides is 1. The van der Waals surface area contributed by atoms with E-state index in [0.29, 0.717) is 32.9 Å². The van der Waals surface area contributed by atoms with Gasteiger partial charge in [-0.2, -0.15) is 0 Å². The van der Waals surface area contributed by atoms with E-state index in [4.69, 9.17) is 14.2 Å². The molecule has 150 valence electrons. The van der Waals surface area contributed by atoms with Gasteiger partial charge in [0.05, 0.1) is 26.4 Å². The van der Waals surface area contributed by atoms with Crippen molar-refractivity contribution >= 4 is 18.5 Å².